The van der Waals surface area contributed by atoms with Crippen LogP contribution in [0.15, 0.2) is 10.7 Å². The number of hydrogen-bond donors (Lipinski definition) is 1. The number of carbonyl (C=O) groups excluding carboxylic acids is 1. The van der Waals surface area contributed by atoms with Crippen LogP contribution in [0.25, 0.3) is 0 Å². The summed E-state index contributed by atoms with van der Waals surface area (Å²) in [6.45, 7) is 1.74. The fourth-order valence-corrected chi connectivity index (χ4v) is 3.28. The van der Waals surface area contributed by atoms with Crippen molar-refractivity contribution in [3.8, 4) is 5.88 Å². The van der Waals surface area contributed by atoms with Crippen LogP contribution in [0.5, 0.6) is 5.88 Å². The SMILES string of the molecule is COc1nc(N2CCC3NC(=O)CCC3C2)ncc1Br. The van der Waals surface area contributed by atoms with Gasteiger partial charge in [0.25, 0.3) is 0 Å². The summed E-state index contributed by atoms with van der Waals surface area (Å²) in [6, 6.07) is 0.310. The van der Waals surface area contributed by atoms with Gasteiger partial charge in [-0.25, -0.2) is 4.98 Å². The first-order valence-corrected chi connectivity index (χ1v) is 7.57. The van der Waals surface area contributed by atoms with Gasteiger partial charge in [-0.15, -0.1) is 0 Å². The minimum absolute atomic E-state index is 0.182. The van der Waals surface area contributed by atoms with Gasteiger partial charge in [0, 0.05) is 25.6 Å². The second-order valence-electron chi connectivity index (χ2n) is 5.23. The lowest BCUT2D eigenvalue weighted by atomic mass is 9.85. The highest BCUT2D eigenvalue weighted by Gasteiger charge is 2.34. The maximum absolute atomic E-state index is 11.4. The third kappa shape index (κ3) is 2.59. The molecule has 2 aliphatic heterocycles. The molecule has 1 N–H and O–H groups in total. The van der Waals surface area contributed by atoms with E-state index in [0.29, 0.717) is 30.2 Å². The van der Waals surface area contributed by atoms with E-state index in [2.05, 4.69) is 36.1 Å². The standard InChI is InChI=1S/C13H17BrN4O2/c1-20-12-9(14)6-15-13(17-12)18-5-4-10-8(7-18)2-3-11(19)16-10/h6,8,10H,2-5,7H2,1H3,(H,16,19). The molecule has 2 saturated heterocycles. The number of amides is 1. The zero-order valence-corrected chi connectivity index (χ0v) is 12.9. The van der Waals surface area contributed by atoms with Crippen molar-refractivity contribution in [2.75, 3.05) is 25.1 Å². The lowest BCUT2D eigenvalue weighted by molar-refractivity contribution is -0.124. The average molecular weight is 341 g/mol. The Hall–Kier alpha value is -1.37. The minimum atomic E-state index is 0.182. The lowest BCUT2D eigenvalue weighted by Gasteiger charge is -2.41. The van der Waals surface area contributed by atoms with Crippen molar-refractivity contribution in [1.29, 1.82) is 0 Å². The molecule has 0 radical (unpaired) electrons. The number of carbonyl (C=O) groups is 1. The van der Waals surface area contributed by atoms with Crippen LogP contribution in [-0.2, 0) is 4.79 Å². The van der Waals surface area contributed by atoms with Gasteiger partial charge in [0.15, 0.2) is 0 Å². The van der Waals surface area contributed by atoms with E-state index in [-0.39, 0.29) is 5.91 Å². The van der Waals surface area contributed by atoms with Crippen molar-refractivity contribution in [3.05, 3.63) is 10.7 Å². The van der Waals surface area contributed by atoms with Gasteiger partial charge < -0.3 is 15.0 Å². The van der Waals surface area contributed by atoms with Gasteiger partial charge in [-0.1, -0.05) is 0 Å². The molecule has 3 rings (SSSR count). The van der Waals surface area contributed by atoms with Crippen LogP contribution in [-0.4, -0.2) is 42.1 Å². The third-order valence-electron chi connectivity index (χ3n) is 4.00. The molecule has 2 fully saturated rings. The van der Waals surface area contributed by atoms with Gasteiger partial charge in [-0.05, 0) is 34.7 Å². The molecule has 2 unspecified atom stereocenters. The molecule has 1 aromatic rings. The van der Waals surface area contributed by atoms with E-state index < -0.39 is 0 Å². The van der Waals surface area contributed by atoms with Crippen molar-refractivity contribution in [2.24, 2.45) is 5.92 Å². The minimum Gasteiger partial charge on any atom is -0.480 e. The van der Waals surface area contributed by atoms with Crippen LogP contribution in [0.2, 0.25) is 0 Å². The van der Waals surface area contributed by atoms with Gasteiger partial charge in [-0.2, -0.15) is 4.98 Å². The molecule has 108 valence electrons. The zero-order chi connectivity index (χ0) is 14.1. The molecule has 1 amide bonds. The topological polar surface area (TPSA) is 67.3 Å². The molecule has 0 saturated carbocycles. The average Bonchev–Trinajstić information content (AvgIpc) is 2.47. The summed E-state index contributed by atoms with van der Waals surface area (Å²) < 4.78 is 5.97. The Morgan fingerprint density at radius 1 is 1.50 bits per heavy atom. The fraction of sp³-hybridized carbons (Fsp3) is 0.615. The molecule has 6 nitrogen and oxygen atoms in total. The molecule has 7 heteroatoms. The van der Waals surface area contributed by atoms with Gasteiger partial charge in [-0.3, -0.25) is 4.79 Å². The lowest BCUT2D eigenvalue weighted by Crippen LogP contribution is -2.54. The molecule has 0 aromatic carbocycles. The van der Waals surface area contributed by atoms with E-state index in [1.807, 2.05) is 0 Å². The van der Waals surface area contributed by atoms with Crippen molar-refractivity contribution < 1.29 is 9.53 Å². The maximum atomic E-state index is 11.4. The molecule has 3 heterocycles. The first-order chi connectivity index (χ1) is 9.67. The van der Waals surface area contributed by atoms with Crippen molar-refractivity contribution in [1.82, 2.24) is 15.3 Å². The number of fused-ring (bicyclic) bond motifs is 1. The number of halogens is 1. The first-order valence-electron chi connectivity index (χ1n) is 6.78. The Morgan fingerprint density at radius 3 is 3.15 bits per heavy atom. The predicted molar refractivity (Wildman–Crippen MR) is 77.8 cm³/mol. The van der Waals surface area contributed by atoms with E-state index in [1.54, 1.807) is 13.3 Å². The summed E-state index contributed by atoms with van der Waals surface area (Å²) in [4.78, 5) is 22.4. The van der Waals surface area contributed by atoms with E-state index >= 15 is 0 Å². The van der Waals surface area contributed by atoms with Gasteiger partial charge in [0.1, 0.15) is 0 Å². The van der Waals surface area contributed by atoms with E-state index in [0.717, 1.165) is 30.4 Å². The summed E-state index contributed by atoms with van der Waals surface area (Å²) in [5, 5.41) is 3.08. The number of anilines is 1. The molecule has 1 aromatic heterocycles. The third-order valence-corrected chi connectivity index (χ3v) is 4.54. The molecule has 0 aliphatic carbocycles. The molecule has 0 bridgehead atoms. The summed E-state index contributed by atoms with van der Waals surface area (Å²) in [6.07, 6.45) is 4.23. The highest BCUT2D eigenvalue weighted by molar-refractivity contribution is 9.10. The van der Waals surface area contributed by atoms with Gasteiger partial charge in [0.05, 0.1) is 17.8 Å². The Kier molecular flexibility index (Phi) is 3.78. The zero-order valence-electron chi connectivity index (χ0n) is 11.3. The summed E-state index contributed by atoms with van der Waals surface area (Å²) in [7, 11) is 1.60. The predicted octanol–water partition coefficient (Wildman–Crippen LogP) is 1.35. The van der Waals surface area contributed by atoms with Crippen LogP contribution in [0.3, 0.4) is 0 Å². The molecule has 0 spiro atoms. The Bertz CT molecular complexity index is 525. The quantitative estimate of drug-likeness (QED) is 0.880. The van der Waals surface area contributed by atoms with Gasteiger partial charge >= 0.3 is 0 Å². The Balaban J connectivity index is 1.74. The summed E-state index contributed by atoms with van der Waals surface area (Å²) in [5.74, 6) is 1.91. The highest BCUT2D eigenvalue weighted by atomic mass is 79.9. The molecule has 20 heavy (non-hydrogen) atoms. The summed E-state index contributed by atoms with van der Waals surface area (Å²) >= 11 is 3.36. The number of methoxy groups -OCH3 is 1. The number of nitrogens with zero attached hydrogens (tertiary/aromatic N) is 3. The summed E-state index contributed by atoms with van der Waals surface area (Å²) in [5.41, 5.74) is 0. The molecular weight excluding hydrogens is 324 g/mol. The number of hydrogen-bond acceptors (Lipinski definition) is 5. The largest absolute Gasteiger partial charge is 0.480 e. The van der Waals surface area contributed by atoms with Crippen molar-refractivity contribution in [3.63, 3.8) is 0 Å². The number of aromatic nitrogens is 2. The molecule has 2 aliphatic rings. The van der Waals surface area contributed by atoms with Crippen LogP contribution >= 0.6 is 15.9 Å². The van der Waals surface area contributed by atoms with Crippen LogP contribution in [0, 0.1) is 5.92 Å². The number of ether oxygens (including phenoxy) is 1. The van der Waals surface area contributed by atoms with E-state index in [4.69, 9.17) is 4.74 Å². The number of piperidine rings is 2. The van der Waals surface area contributed by atoms with Crippen LogP contribution < -0.4 is 15.0 Å². The smallest absolute Gasteiger partial charge is 0.232 e. The van der Waals surface area contributed by atoms with Crippen LogP contribution in [0.1, 0.15) is 19.3 Å². The second-order valence-corrected chi connectivity index (χ2v) is 6.09. The van der Waals surface area contributed by atoms with Crippen molar-refractivity contribution in [2.45, 2.75) is 25.3 Å². The fourth-order valence-electron chi connectivity index (χ4n) is 2.93. The maximum Gasteiger partial charge on any atom is 0.232 e. The van der Waals surface area contributed by atoms with E-state index in [1.165, 1.54) is 0 Å². The monoisotopic (exact) mass is 340 g/mol. The van der Waals surface area contributed by atoms with Crippen molar-refractivity contribution >= 4 is 27.8 Å². The highest BCUT2D eigenvalue weighted by Crippen LogP contribution is 2.29. The van der Waals surface area contributed by atoms with E-state index in [9.17, 15) is 4.79 Å². The number of nitrogens with one attached hydrogen (secondary N) is 1. The second kappa shape index (κ2) is 5.55. The van der Waals surface area contributed by atoms with Gasteiger partial charge in [0.2, 0.25) is 17.7 Å². The van der Waals surface area contributed by atoms with Crippen LogP contribution in [0.4, 0.5) is 5.95 Å². The Labute approximate surface area is 126 Å². The normalized spacial score (nSPS) is 25.9. The first kappa shape index (κ1) is 13.6. The molecular formula is C13H17BrN4O2. The molecule has 2 atom stereocenters. The number of rotatable bonds is 2. The Morgan fingerprint density at radius 2 is 2.35 bits per heavy atom.